The molecule has 1 aliphatic rings. The first-order chi connectivity index (χ1) is 7.25. The molecule has 0 N–H and O–H groups in total. The van der Waals surface area contributed by atoms with E-state index in [0.29, 0.717) is 17.4 Å². The fraction of sp³-hybridized carbons (Fsp3) is 0.667. The van der Waals surface area contributed by atoms with Gasteiger partial charge in [-0.25, -0.2) is 0 Å². The summed E-state index contributed by atoms with van der Waals surface area (Å²) in [5.41, 5.74) is 0. The molecule has 0 unspecified atom stereocenters. The quantitative estimate of drug-likeness (QED) is 0.802. The third-order valence-corrected chi connectivity index (χ3v) is 3.44. The highest BCUT2D eigenvalue weighted by Gasteiger charge is 2.18. The number of carbonyl (C=O) groups is 1. The molecule has 0 aliphatic carbocycles. The molecule has 15 heavy (non-hydrogen) atoms. The first-order valence-corrected chi connectivity index (χ1v) is 6.21. The van der Waals surface area contributed by atoms with Crippen molar-refractivity contribution in [1.82, 2.24) is 15.1 Å². The Morgan fingerprint density at radius 3 is 2.93 bits per heavy atom. The van der Waals surface area contributed by atoms with Gasteiger partial charge in [0.25, 0.3) is 0 Å². The second-order valence-corrected chi connectivity index (χ2v) is 5.22. The molecule has 0 saturated carbocycles. The molecule has 0 aromatic carbocycles. The van der Waals surface area contributed by atoms with E-state index in [1.165, 1.54) is 11.3 Å². The fourth-order valence-electron chi connectivity index (χ4n) is 1.67. The van der Waals surface area contributed by atoms with Gasteiger partial charge in [-0.05, 0) is 24.4 Å². The summed E-state index contributed by atoms with van der Waals surface area (Å²) < 4.78 is 0.437. The van der Waals surface area contributed by atoms with Crippen molar-refractivity contribution in [2.75, 3.05) is 6.54 Å². The van der Waals surface area contributed by atoms with Crippen molar-refractivity contribution in [1.29, 1.82) is 0 Å². The van der Waals surface area contributed by atoms with Crippen LogP contribution in [0.5, 0.6) is 0 Å². The van der Waals surface area contributed by atoms with E-state index in [-0.39, 0.29) is 5.91 Å². The summed E-state index contributed by atoms with van der Waals surface area (Å²) in [4.78, 5) is 13.5. The van der Waals surface area contributed by atoms with Crippen LogP contribution in [0.2, 0.25) is 4.47 Å². The Bertz CT molecular complexity index is 355. The molecule has 1 amide bonds. The van der Waals surface area contributed by atoms with Crippen molar-refractivity contribution in [3.05, 3.63) is 9.47 Å². The number of rotatable bonds is 2. The smallest absolute Gasteiger partial charge is 0.222 e. The number of halogens is 1. The SMILES string of the molecule is O=C1CCCCCN1Cc1nnc(Cl)s1. The number of likely N-dealkylation sites (tertiary alicyclic amines) is 1. The predicted molar refractivity (Wildman–Crippen MR) is 58.8 cm³/mol. The van der Waals surface area contributed by atoms with Crippen LogP contribution in [-0.2, 0) is 11.3 Å². The largest absolute Gasteiger partial charge is 0.336 e. The Morgan fingerprint density at radius 1 is 1.33 bits per heavy atom. The van der Waals surface area contributed by atoms with Gasteiger partial charge in [0, 0.05) is 13.0 Å². The van der Waals surface area contributed by atoms with E-state index in [1.54, 1.807) is 0 Å². The van der Waals surface area contributed by atoms with Gasteiger partial charge in [0.1, 0.15) is 5.01 Å². The van der Waals surface area contributed by atoms with Gasteiger partial charge in [0.15, 0.2) is 0 Å². The summed E-state index contributed by atoms with van der Waals surface area (Å²) in [5.74, 6) is 0.221. The highest BCUT2D eigenvalue weighted by atomic mass is 35.5. The average molecular weight is 246 g/mol. The standard InChI is InChI=1S/C9H12ClN3OS/c10-9-12-11-7(15-9)6-13-5-3-1-2-4-8(13)14/h1-6H2. The summed E-state index contributed by atoms with van der Waals surface area (Å²) in [6.07, 6.45) is 3.89. The maximum absolute atomic E-state index is 11.7. The molecule has 0 atom stereocenters. The van der Waals surface area contributed by atoms with Gasteiger partial charge >= 0.3 is 0 Å². The summed E-state index contributed by atoms with van der Waals surface area (Å²) in [6.45, 7) is 1.39. The lowest BCUT2D eigenvalue weighted by molar-refractivity contribution is -0.131. The number of hydrogen-bond donors (Lipinski definition) is 0. The van der Waals surface area contributed by atoms with Crippen LogP contribution in [0.1, 0.15) is 30.7 Å². The Balaban J connectivity index is 2.00. The second-order valence-electron chi connectivity index (χ2n) is 3.57. The van der Waals surface area contributed by atoms with Crippen molar-refractivity contribution in [3.8, 4) is 0 Å². The molecule has 4 nitrogen and oxygen atoms in total. The van der Waals surface area contributed by atoms with Gasteiger partial charge in [0.05, 0.1) is 6.54 Å². The second kappa shape index (κ2) is 4.90. The normalized spacial score (nSPS) is 17.9. The molecule has 2 rings (SSSR count). The van der Waals surface area contributed by atoms with Crippen LogP contribution in [0.15, 0.2) is 0 Å². The topological polar surface area (TPSA) is 46.1 Å². The maximum Gasteiger partial charge on any atom is 0.222 e. The van der Waals surface area contributed by atoms with E-state index >= 15 is 0 Å². The van der Waals surface area contributed by atoms with Crippen molar-refractivity contribution in [2.24, 2.45) is 0 Å². The van der Waals surface area contributed by atoms with Gasteiger partial charge in [-0.15, -0.1) is 10.2 Å². The minimum Gasteiger partial charge on any atom is -0.336 e. The van der Waals surface area contributed by atoms with Crippen LogP contribution >= 0.6 is 22.9 Å². The summed E-state index contributed by atoms with van der Waals surface area (Å²) in [5, 5.41) is 8.46. The van der Waals surface area contributed by atoms with Crippen LogP contribution in [0, 0.1) is 0 Å². The molecular formula is C9H12ClN3OS. The predicted octanol–water partition coefficient (Wildman–Crippen LogP) is 2.09. The third kappa shape index (κ3) is 2.89. The Hall–Kier alpha value is -0.680. The van der Waals surface area contributed by atoms with Crippen LogP contribution in [0.25, 0.3) is 0 Å². The summed E-state index contributed by atoms with van der Waals surface area (Å²) in [6, 6.07) is 0. The first-order valence-electron chi connectivity index (χ1n) is 5.01. The molecule has 0 bridgehead atoms. The number of amides is 1. The lowest BCUT2D eigenvalue weighted by atomic mass is 10.2. The average Bonchev–Trinajstić information content (AvgIpc) is 2.50. The first kappa shape index (κ1) is 10.8. The van der Waals surface area contributed by atoms with E-state index in [0.717, 1.165) is 30.8 Å². The van der Waals surface area contributed by atoms with E-state index < -0.39 is 0 Å². The zero-order valence-corrected chi connectivity index (χ0v) is 9.85. The highest BCUT2D eigenvalue weighted by molar-refractivity contribution is 7.15. The van der Waals surface area contributed by atoms with Crippen molar-refractivity contribution < 1.29 is 4.79 Å². The number of hydrogen-bond acceptors (Lipinski definition) is 4. The lowest BCUT2D eigenvalue weighted by Crippen LogP contribution is -2.29. The monoisotopic (exact) mass is 245 g/mol. The highest BCUT2D eigenvalue weighted by Crippen LogP contribution is 2.19. The Morgan fingerprint density at radius 2 is 2.20 bits per heavy atom. The van der Waals surface area contributed by atoms with E-state index in [2.05, 4.69) is 10.2 Å². The van der Waals surface area contributed by atoms with Crippen molar-refractivity contribution in [2.45, 2.75) is 32.2 Å². The van der Waals surface area contributed by atoms with Crippen LogP contribution in [0.3, 0.4) is 0 Å². The van der Waals surface area contributed by atoms with Gasteiger partial charge in [-0.1, -0.05) is 17.8 Å². The molecule has 0 radical (unpaired) electrons. The molecule has 1 aliphatic heterocycles. The van der Waals surface area contributed by atoms with E-state index in [1.807, 2.05) is 4.90 Å². The number of carbonyl (C=O) groups excluding carboxylic acids is 1. The van der Waals surface area contributed by atoms with Gasteiger partial charge in [-0.3, -0.25) is 4.79 Å². The molecule has 2 heterocycles. The minimum atomic E-state index is 0.221. The van der Waals surface area contributed by atoms with E-state index in [4.69, 9.17) is 11.6 Å². The molecule has 0 spiro atoms. The van der Waals surface area contributed by atoms with E-state index in [9.17, 15) is 4.79 Å². The Labute approximate surface area is 97.3 Å². The fourth-order valence-corrected chi connectivity index (χ4v) is 2.55. The summed E-state index contributed by atoms with van der Waals surface area (Å²) in [7, 11) is 0. The number of aromatic nitrogens is 2. The lowest BCUT2D eigenvalue weighted by Gasteiger charge is -2.18. The maximum atomic E-state index is 11.7. The van der Waals surface area contributed by atoms with Gasteiger partial charge in [0.2, 0.25) is 10.4 Å². The van der Waals surface area contributed by atoms with Gasteiger partial charge < -0.3 is 4.90 Å². The molecular weight excluding hydrogens is 234 g/mol. The molecule has 1 saturated heterocycles. The molecule has 1 fully saturated rings. The van der Waals surface area contributed by atoms with Crippen LogP contribution < -0.4 is 0 Å². The van der Waals surface area contributed by atoms with Crippen LogP contribution in [-0.4, -0.2) is 27.5 Å². The molecule has 82 valence electrons. The third-order valence-electron chi connectivity index (χ3n) is 2.44. The molecule has 1 aromatic heterocycles. The molecule has 6 heteroatoms. The Kier molecular flexibility index (Phi) is 3.53. The van der Waals surface area contributed by atoms with Crippen molar-refractivity contribution >= 4 is 28.8 Å². The zero-order chi connectivity index (χ0) is 10.7. The summed E-state index contributed by atoms with van der Waals surface area (Å²) >= 11 is 7.03. The molecule has 1 aromatic rings. The zero-order valence-electron chi connectivity index (χ0n) is 8.28. The minimum absolute atomic E-state index is 0.221. The number of nitrogens with zero attached hydrogens (tertiary/aromatic N) is 3. The van der Waals surface area contributed by atoms with Crippen molar-refractivity contribution in [3.63, 3.8) is 0 Å². The van der Waals surface area contributed by atoms with Gasteiger partial charge in [-0.2, -0.15) is 0 Å². The van der Waals surface area contributed by atoms with Crippen LogP contribution in [0.4, 0.5) is 0 Å².